The highest BCUT2D eigenvalue weighted by atomic mass is 16.6. The molecule has 0 aliphatic carbocycles. The van der Waals surface area contributed by atoms with E-state index < -0.39 is 5.97 Å². The van der Waals surface area contributed by atoms with E-state index in [2.05, 4.69) is 13.2 Å². The molecular weight excluding hydrogens is 416 g/mol. The average molecular weight is 443 g/mol. The summed E-state index contributed by atoms with van der Waals surface area (Å²) >= 11 is 0. The number of hydrogen-bond donors (Lipinski definition) is 0. The first-order valence-corrected chi connectivity index (χ1v) is 10.5. The molecule has 0 saturated carbocycles. The van der Waals surface area contributed by atoms with Gasteiger partial charge >= 0.3 is 11.9 Å². The van der Waals surface area contributed by atoms with E-state index in [1.54, 1.807) is 39.0 Å². The zero-order chi connectivity index (χ0) is 24.0. The molecule has 0 N–H and O–H groups in total. The van der Waals surface area contributed by atoms with Crippen molar-refractivity contribution in [3.8, 4) is 39.5 Å². The van der Waals surface area contributed by atoms with Crippen LogP contribution >= 0.6 is 0 Å². The van der Waals surface area contributed by atoms with Gasteiger partial charge in [0, 0.05) is 5.57 Å². The van der Waals surface area contributed by atoms with E-state index in [1.807, 2.05) is 48.5 Å². The molecule has 5 nitrogen and oxygen atoms in total. The van der Waals surface area contributed by atoms with Crippen LogP contribution in [-0.4, -0.2) is 11.9 Å². The predicted molar refractivity (Wildman–Crippen MR) is 129 cm³/mol. The highest BCUT2D eigenvalue weighted by Crippen LogP contribution is 2.34. The lowest BCUT2D eigenvalue weighted by Gasteiger charge is -2.13. The molecule has 0 fully saturated rings. The first-order chi connectivity index (χ1) is 15.8. The molecular formula is C28H26O5. The maximum atomic E-state index is 12.0. The fourth-order valence-electron chi connectivity index (χ4n) is 2.94. The third-order valence-corrected chi connectivity index (χ3v) is 4.80. The molecule has 0 radical (unpaired) electrons. The standard InChI is InChI=1S/C28H26O5/c1-6-31-26-17-23(13-16-25(26)33-28(30)19(4)5)22-9-7-20(8-10-22)21-11-14-24(15-12-21)32-27(29)18(2)3/h6-17,19H,1-2H2,3-5H3. The summed E-state index contributed by atoms with van der Waals surface area (Å²) < 4.78 is 16.1. The van der Waals surface area contributed by atoms with Crippen molar-refractivity contribution in [2.24, 2.45) is 5.92 Å². The van der Waals surface area contributed by atoms with Crippen molar-refractivity contribution in [1.29, 1.82) is 0 Å². The number of carbonyl (C=O) groups excluding carboxylic acids is 2. The van der Waals surface area contributed by atoms with Crippen LogP contribution in [0.1, 0.15) is 20.8 Å². The molecule has 3 aromatic rings. The van der Waals surface area contributed by atoms with Crippen LogP contribution in [0.4, 0.5) is 0 Å². The van der Waals surface area contributed by atoms with Crippen molar-refractivity contribution in [2.45, 2.75) is 20.8 Å². The number of rotatable bonds is 8. The molecule has 0 spiro atoms. The maximum Gasteiger partial charge on any atom is 0.338 e. The van der Waals surface area contributed by atoms with Crippen molar-refractivity contribution >= 4 is 11.9 Å². The average Bonchev–Trinajstić information content (AvgIpc) is 2.81. The molecule has 0 aromatic heterocycles. The third kappa shape index (κ3) is 5.98. The first-order valence-electron chi connectivity index (χ1n) is 10.5. The van der Waals surface area contributed by atoms with Gasteiger partial charge in [0.2, 0.25) is 0 Å². The van der Waals surface area contributed by atoms with Gasteiger partial charge < -0.3 is 14.2 Å². The maximum absolute atomic E-state index is 12.0. The fourth-order valence-corrected chi connectivity index (χ4v) is 2.94. The van der Waals surface area contributed by atoms with E-state index in [1.165, 1.54) is 6.26 Å². The molecule has 0 amide bonds. The van der Waals surface area contributed by atoms with Crippen LogP contribution in [0.25, 0.3) is 22.3 Å². The van der Waals surface area contributed by atoms with Gasteiger partial charge in [-0.25, -0.2) is 4.79 Å². The molecule has 5 heteroatoms. The first kappa shape index (κ1) is 23.5. The van der Waals surface area contributed by atoms with Gasteiger partial charge in [0.15, 0.2) is 11.5 Å². The summed E-state index contributed by atoms with van der Waals surface area (Å²) in [6.07, 6.45) is 1.30. The van der Waals surface area contributed by atoms with Crippen molar-refractivity contribution in [3.05, 3.63) is 91.7 Å². The van der Waals surface area contributed by atoms with E-state index in [4.69, 9.17) is 14.2 Å². The van der Waals surface area contributed by atoms with E-state index in [0.29, 0.717) is 22.8 Å². The third-order valence-electron chi connectivity index (χ3n) is 4.80. The second kappa shape index (κ2) is 10.5. The summed E-state index contributed by atoms with van der Waals surface area (Å²) in [7, 11) is 0. The van der Waals surface area contributed by atoms with Gasteiger partial charge in [0.05, 0.1) is 12.2 Å². The summed E-state index contributed by atoms with van der Waals surface area (Å²) in [5.41, 5.74) is 4.23. The largest absolute Gasteiger partial charge is 0.462 e. The van der Waals surface area contributed by atoms with Crippen molar-refractivity contribution in [3.63, 3.8) is 0 Å². The van der Waals surface area contributed by atoms with Crippen LogP contribution in [0.5, 0.6) is 17.2 Å². The molecule has 0 saturated heterocycles. The SMILES string of the molecule is C=COc1cc(-c2ccc(-c3ccc(OC(=O)C(=C)C)cc3)cc2)ccc1OC(=O)C(C)C. The second-order valence-electron chi connectivity index (χ2n) is 7.79. The van der Waals surface area contributed by atoms with Crippen molar-refractivity contribution in [1.82, 2.24) is 0 Å². The fraction of sp³-hybridized carbons (Fsp3) is 0.143. The van der Waals surface area contributed by atoms with Crippen LogP contribution in [0.15, 0.2) is 91.7 Å². The molecule has 0 aliphatic rings. The minimum atomic E-state index is -0.447. The zero-order valence-electron chi connectivity index (χ0n) is 19.0. The Kier molecular flexibility index (Phi) is 7.46. The molecule has 0 aliphatic heterocycles. The van der Waals surface area contributed by atoms with Gasteiger partial charge in [-0.1, -0.05) is 69.5 Å². The summed E-state index contributed by atoms with van der Waals surface area (Å²) in [6.45, 7) is 12.3. The van der Waals surface area contributed by atoms with Gasteiger partial charge in [0.25, 0.3) is 0 Å². The molecule has 0 atom stereocenters. The number of esters is 2. The predicted octanol–water partition coefficient (Wildman–Crippen LogP) is 6.59. The van der Waals surface area contributed by atoms with Gasteiger partial charge in [0.1, 0.15) is 5.75 Å². The van der Waals surface area contributed by atoms with Crippen molar-refractivity contribution < 1.29 is 23.8 Å². The second-order valence-corrected chi connectivity index (χ2v) is 7.79. The Bertz CT molecular complexity index is 1170. The minimum Gasteiger partial charge on any atom is -0.462 e. The smallest absolute Gasteiger partial charge is 0.338 e. The summed E-state index contributed by atoms with van der Waals surface area (Å²) in [4.78, 5) is 23.6. The molecule has 3 aromatic carbocycles. The van der Waals surface area contributed by atoms with E-state index in [9.17, 15) is 9.59 Å². The molecule has 168 valence electrons. The molecule has 0 unspecified atom stereocenters. The molecule has 3 rings (SSSR count). The normalized spacial score (nSPS) is 10.4. The molecule has 0 bridgehead atoms. The number of carbonyl (C=O) groups is 2. The van der Waals surface area contributed by atoms with E-state index in [0.717, 1.165) is 22.3 Å². The number of benzene rings is 3. The Hall–Kier alpha value is -4.12. The van der Waals surface area contributed by atoms with Gasteiger partial charge in [-0.15, -0.1) is 0 Å². The quantitative estimate of drug-likeness (QED) is 0.171. The van der Waals surface area contributed by atoms with Gasteiger partial charge in [-0.2, -0.15) is 0 Å². The van der Waals surface area contributed by atoms with Gasteiger partial charge in [-0.3, -0.25) is 4.79 Å². The lowest BCUT2D eigenvalue weighted by atomic mass is 10.00. The molecule has 33 heavy (non-hydrogen) atoms. The lowest BCUT2D eigenvalue weighted by Crippen LogP contribution is -2.15. The van der Waals surface area contributed by atoms with Crippen LogP contribution < -0.4 is 14.2 Å². The van der Waals surface area contributed by atoms with Gasteiger partial charge in [-0.05, 0) is 53.4 Å². The van der Waals surface area contributed by atoms with E-state index >= 15 is 0 Å². The Labute approximate surface area is 193 Å². The molecule has 0 heterocycles. The Morgan fingerprint density at radius 2 is 1.30 bits per heavy atom. The topological polar surface area (TPSA) is 61.8 Å². The lowest BCUT2D eigenvalue weighted by molar-refractivity contribution is -0.137. The van der Waals surface area contributed by atoms with Crippen LogP contribution in [0, 0.1) is 5.92 Å². The zero-order valence-corrected chi connectivity index (χ0v) is 19.0. The Morgan fingerprint density at radius 1 is 0.788 bits per heavy atom. The number of hydrogen-bond acceptors (Lipinski definition) is 5. The van der Waals surface area contributed by atoms with Crippen LogP contribution in [0.3, 0.4) is 0 Å². The van der Waals surface area contributed by atoms with Crippen LogP contribution in [-0.2, 0) is 9.59 Å². The Morgan fingerprint density at radius 3 is 1.82 bits per heavy atom. The monoisotopic (exact) mass is 442 g/mol. The summed E-state index contributed by atoms with van der Waals surface area (Å²) in [5, 5.41) is 0. The highest BCUT2D eigenvalue weighted by Gasteiger charge is 2.15. The Balaban J connectivity index is 1.80. The highest BCUT2D eigenvalue weighted by molar-refractivity contribution is 5.88. The number of ether oxygens (including phenoxy) is 3. The summed E-state index contributed by atoms with van der Waals surface area (Å²) in [5.74, 6) is 0.206. The van der Waals surface area contributed by atoms with Crippen molar-refractivity contribution in [2.75, 3.05) is 0 Å². The minimum absolute atomic E-state index is 0.249. The van der Waals surface area contributed by atoms with Crippen LogP contribution in [0.2, 0.25) is 0 Å². The summed E-state index contributed by atoms with van der Waals surface area (Å²) in [6, 6.07) is 20.7. The van der Waals surface area contributed by atoms with E-state index in [-0.39, 0.29) is 11.9 Å².